The van der Waals surface area contributed by atoms with Crippen LogP contribution >= 0.6 is 0 Å². The Labute approximate surface area is 108 Å². The van der Waals surface area contributed by atoms with E-state index in [-0.39, 0.29) is 5.54 Å². The Balaban J connectivity index is 1.84. The van der Waals surface area contributed by atoms with Gasteiger partial charge in [-0.15, -0.1) is 0 Å². The number of fused-ring (bicyclic) bond motifs is 1. The van der Waals surface area contributed by atoms with Crippen molar-refractivity contribution in [2.45, 2.75) is 45.7 Å². The Morgan fingerprint density at radius 2 is 2.17 bits per heavy atom. The van der Waals surface area contributed by atoms with Gasteiger partial charge in [-0.25, -0.2) is 4.98 Å². The second kappa shape index (κ2) is 4.09. The molecule has 0 spiro atoms. The second-order valence-corrected chi connectivity index (χ2v) is 5.92. The highest BCUT2D eigenvalue weighted by Crippen LogP contribution is 2.39. The summed E-state index contributed by atoms with van der Waals surface area (Å²) in [7, 11) is 0. The van der Waals surface area contributed by atoms with Gasteiger partial charge in [-0.05, 0) is 51.7 Å². The molecule has 3 nitrogen and oxygen atoms in total. The van der Waals surface area contributed by atoms with E-state index in [0.717, 1.165) is 23.8 Å². The van der Waals surface area contributed by atoms with E-state index in [2.05, 4.69) is 53.8 Å². The first-order chi connectivity index (χ1) is 8.58. The second-order valence-electron chi connectivity index (χ2n) is 5.92. The molecule has 18 heavy (non-hydrogen) atoms. The van der Waals surface area contributed by atoms with Crippen LogP contribution in [0.25, 0.3) is 5.65 Å². The molecule has 3 rings (SSSR count). The lowest BCUT2D eigenvalue weighted by molar-refractivity contribution is 0.337. The van der Waals surface area contributed by atoms with Gasteiger partial charge < -0.3 is 9.72 Å². The number of hydrogen-bond acceptors (Lipinski definition) is 2. The summed E-state index contributed by atoms with van der Waals surface area (Å²) in [4.78, 5) is 4.60. The molecular formula is C15H21N3. The Morgan fingerprint density at radius 1 is 1.39 bits per heavy atom. The molecule has 2 heterocycles. The summed E-state index contributed by atoms with van der Waals surface area (Å²) in [6.45, 7) is 7.60. The van der Waals surface area contributed by atoms with Crippen molar-refractivity contribution in [1.82, 2.24) is 14.7 Å². The average molecular weight is 243 g/mol. The summed E-state index contributed by atoms with van der Waals surface area (Å²) in [5.41, 5.74) is 3.68. The lowest BCUT2D eigenvalue weighted by atomic mass is 9.99. The third kappa shape index (κ3) is 2.03. The smallest absolute Gasteiger partial charge is 0.137 e. The third-order valence-electron chi connectivity index (χ3n) is 4.14. The quantitative estimate of drug-likeness (QED) is 0.894. The molecule has 3 heteroatoms. The summed E-state index contributed by atoms with van der Waals surface area (Å²) >= 11 is 0. The highest BCUT2D eigenvalue weighted by molar-refractivity contribution is 5.42. The normalized spacial score (nSPS) is 16.4. The molecule has 0 saturated heterocycles. The Hall–Kier alpha value is -1.35. The number of imidazole rings is 1. The van der Waals surface area contributed by atoms with E-state index in [1.54, 1.807) is 0 Å². The van der Waals surface area contributed by atoms with Crippen LogP contribution in [0.3, 0.4) is 0 Å². The van der Waals surface area contributed by atoms with Gasteiger partial charge in [0.2, 0.25) is 0 Å². The molecule has 0 bridgehead atoms. The highest BCUT2D eigenvalue weighted by Gasteiger charge is 2.37. The summed E-state index contributed by atoms with van der Waals surface area (Å²) < 4.78 is 2.19. The minimum absolute atomic E-state index is 0.241. The van der Waals surface area contributed by atoms with Crippen LogP contribution in [0.15, 0.2) is 24.4 Å². The zero-order valence-electron chi connectivity index (χ0n) is 11.4. The maximum Gasteiger partial charge on any atom is 0.137 e. The highest BCUT2D eigenvalue weighted by atomic mass is 15.1. The summed E-state index contributed by atoms with van der Waals surface area (Å²) in [5.74, 6) is 0.844. The van der Waals surface area contributed by atoms with Gasteiger partial charge in [0.25, 0.3) is 0 Å². The van der Waals surface area contributed by atoms with E-state index in [0.29, 0.717) is 0 Å². The van der Waals surface area contributed by atoms with Gasteiger partial charge >= 0.3 is 0 Å². The Kier molecular flexibility index (Phi) is 2.67. The van der Waals surface area contributed by atoms with Gasteiger partial charge in [-0.2, -0.15) is 0 Å². The van der Waals surface area contributed by atoms with E-state index < -0.39 is 0 Å². The Bertz CT molecular complexity index is 564. The van der Waals surface area contributed by atoms with E-state index in [1.807, 2.05) is 6.07 Å². The fourth-order valence-corrected chi connectivity index (χ4v) is 2.64. The molecule has 96 valence electrons. The minimum atomic E-state index is 0.241. The molecule has 1 saturated carbocycles. The van der Waals surface area contributed by atoms with E-state index in [1.165, 1.54) is 18.5 Å². The number of aryl methyl sites for hydroxylation is 1. The van der Waals surface area contributed by atoms with Crippen molar-refractivity contribution in [3.05, 3.63) is 35.8 Å². The molecule has 2 aromatic heterocycles. The number of nitrogens with one attached hydrogen (secondary N) is 1. The van der Waals surface area contributed by atoms with Crippen molar-refractivity contribution in [2.24, 2.45) is 5.92 Å². The Morgan fingerprint density at radius 3 is 2.89 bits per heavy atom. The maximum atomic E-state index is 4.60. The molecule has 2 aromatic rings. The van der Waals surface area contributed by atoms with Gasteiger partial charge in [-0.1, -0.05) is 6.07 Å². The predicted octanol–water partition coefficient (Wildman–Crippen LogP) is 2.92. The zero-order valence-corrected chi connectivity index (χ0v) is 11.4. The molecule has 0 aromatic carbocycles. The number of rotatable bonds is 4. The molecule has 1 fully saturated rings. The SMILES string of the molecule is Cc1nc2ccccn2c1CNC(C)(C)C1CC1. The van der Waals surface area contributed by atoms with Crippen LogP contribution in [0.5, 0.6) is 0 Å². The van der Waals surface area contributed by atoms with Crippen LogP contribution in [-0.2, 0) is 6.54 Å². The molecule has 0 aliphatic heterocycles. The molecule has 1 aliphatic rings. The topological polar surface area (TPSA) is 29.3 Å². The molecule has 1 aliphatic carbocycles. The van der Waals surface area contributed by atoms with Crippen molar-refractivity contribution < 1.29 is 0 Å². The lowest BCUT2D eigenvalue weighted by Gasteiger charge is -2.26. The molecule has 0 amide bonds. The van der Waals surface area contributed by atoms with Crippen LogP contribution in [0.4, 0.5) is 0 Å². The average Bonchev–Trinajstić information content (AvgIpc) is 3.12. The number of nitrogens with zero attached hydrogens (tertiary/aromatic N) is 2. The molecule has 0 radical (unpaired) electrons. The number of hydrogen-bond donors (Lipinski definition) is 1. The lowest BCUT2D eigenvalue weighted by Crippen LogP contribution is -2.41. The first-order valence-corrected chi connectivity index (χ1v) is 6.75. The summed E-state index contributed by atoms with van der Waals surface area (Å²) in [5, 5.41) is 3.70. The fourth-order valence-electron chi connectivity index (χ4n) is 2.64. The van der Waals surface area contributed by atoms with Crippen LogP contribution in [-0.4, -0.2) is 14.9 Å². The molecule has 1 N–H and O–H groups in total. The van der Waals surface area contributed by atoms with Crippen LogP contribution in [0.2, 0.25) is 0 Å². The molecule has 0 unspecified atom stereocenters. The standard InChI is InChI=1S/C15H21N3/c1-11-13(10-16-15(2,3)12-7-8-12)18-9-5-4-6-14(18)17-11/h4-6,9,12,16H,7-8,10H2,1-3H3. The van der Waals surface area contributed by atoms with Gasteiger partial charge in [-0.3, -0.25) is 0 Å². The van der Waals surface area contributed by atoms with Crippen molar-refractivity contribution in [3.63, 3.8) is 0 Å². The summed E-state index contributed by atoms with van der Waals surface area (Å²) in [6.07, 6.45) is 4.83. The first kappa shape index (κ1) is 11.7. The first-order valence-electron chi connectivity index (χ1n) is 6.75. The van der Waals surface area contributed by atoms with Crippen molar-refractivity contribution in [1.29, 1.82) is 0 Å². The van der Waals surface area contributed by atoms with Crippen LogP contribution in [0.1, 0.15) is 38.1 Å². The van der Waals surface area contributed by atoms with E-state index in [4.69, 9.17) is 0 Å². The predicted molar refractivity (Wildman–Crippen MR) is 73.6 cm³/mol. The number of pyridine rings is 1. The van der Waals surface area contributed by atoms with Crippen LogP contribution < -0.4 is 5.32 Å². The number of aromatic nitrogens is 2. The summed E-state index contributed by atoms with van der Waals surface area (Å²) in [6, 6.07) is 6.15. The third-order valence-corrected chi connectivity index (χ3v) is 4.14. The molecular weight excluding hydrogens is 222 g/mol. The molecule has 0 atom stereocenters. The monoisotopic (exact) mass is 243 g/mol. The van der Waals surface area contributed by atoms with Gasteiger partial charge in [0, 0.05) is 18.3 Å². The largest absolute Gasteiger partial charge is 0.306 e. The van der Waals surface area contributed by atoms with E-state index in [9.17, 15) is 0 Å². The van der Waals surface area contributed by atoms with Crippen molar-refractivity contribution >= 4 is 5.65 Å². The minimum Gasteiger partial charge on any atom is -0.306 e. The van der Waals surface area contributed by atoms with Gasteiger partial charge in [0.1, 0.15) is 5.65 Å². The van der Waals surface area contributed by atoms with E-state index >= 15 is 0 Å². The van der Waals surface area contributed by atoms with Gasteiger partial charge in [0.05, 0.1) is 11.4 Å². The fraction of sp³-hybridized carbons (Fsp3) is 0.533. The van der Waals surface area contributed by atoms with Crippen molar-refractivity contribution in [2.75, 3.05) is 0 Å². The zero-order chi connectivity index (χ0) is 12.8. The van der Waals surface area contributed by atoms with Gasteiger partial charge in [0.15, 0.2) is 0 Å². The van der Waals surface area contributed by atoms with Crippen molar-refractivity contribution in [3.8, 4) is 0 Å². The van der Waals surface area contributed by atoms with Crippen LogP contribution in [0, 0.1) is 12.8 Å². The maximum absolute atomic E-state index is 4.60.